The van der Waals surface area contributed by atoms with Crippen LogP contribution < -0.4 is 5.73 Å². The van der Waals surface area contributed by atoms with Gasteiger partial charge in [0.05, 0.1) is 0 Å². The summed E-state index contributed by atoms with van der Waals surface area (Å²) < 4.78 is 63.5. The number of nitrogens with two attached hydrogens (primary N) is 1. The highest BCUT2D eigenvalue weighted by Crippen LogP contribution is 2.38. The first kappa shape index (κ1) is 14.5. The van der Waals surface area contributed by atoms with Gasteiger partial charge in [0.1, 0.15) is 15.5 Å². The number of phenolic OH excluding ortho intramolecular Hbond substituents is 1. The summed E-state index contributed by atoms with van der Waals surface area (Å²) >= 11 is 0. The zero-order valence-electron chi connectivity index (χ0n) is 9.68. The van der Waals surface area contributed by atoms with Crippen molar-refractivity contribution in [3.05, 3.63) is 24.3 Å². The predicted molar refractivity (Wildman–Crippen MR) is 69.7 cm³/mol. The molecule has 0 aromatic heterocycles. The number of phenols is 1. The minimum Gasteiger partial charge on any atom is -0.507 e. The van der Waals surface area contributed by atoms with Gasteiger partial charge < -0.3 is 10.8 Å². The first-order chi connectivity index (χ1) is 9.03. The van der Waals surface area contributed by atoms with E-state index in [0.29, 0.717) is 6.07 Å². The fourth-order valence-electron chi connectivity index (χ4n) is 1.90. The summed E-state index contributed by atoms with van der Waals surface area (Å²) in [5, 5.41) is 9.20. The fourth-order valence-corrected chi connectivity index (χ4v) is 3.92. The summed E-state index contributed by atoms with van der Waals surface area (Å²) in [4.78, 5) is -2.10. The molecule has 0 fully saturated rings. The van der Waals surface area contributed by atoms with Crippen molar-refractivity contribution in [3.8, 4) is 5.75 Å². The molecule has 0 unspecified atom stereocenters. The SMILES string of the molecule is Nc1cc(S(=O)(=O)O)c(S(=O)(=O)O)c2cccc(O)c12. The first-order valence-corrected chi connectivity index (χ1v) is 7.90. The second-order valence-electron chi connectivity index (χ2n) is 3.94. The Morgan fingerprint density at radius 1 is 1.00 bits per heavy atom. The Labute approximate surface area is 114 Å². The quantitative estimate of drug-likeness (QED) is 0.463. The van der Waals surface area contributed by atoms with Crippen LogP contribution in [0.5, 0.6) is 5.75 Å². The van der Waals surface area contributed by atoms with Crippen molar-refractivity contribution in [2.24, 2.45) is 0 Å². The fraction of sp³-hybridized carbons (Fsp3) is 0. The zero-order chi connectivity index (χ0) is 15.3. The van der Waals surface area contributed by atoms with Crippen LogP contribution in [0.4, 0.5) is 5.69 Å². The Kier molecular flexibility index (Phi) is 3.13. The van der Waals surface area contributed by atoms with E-state index in [4.69, 9.17) is 10.3 Å². The van der Waals surface area contributed by atoms with Gasteiger partial charge in [-0.15, -0.1) is 0 Å². The van der Waals surface area contributed by atoms with E-state index < -0.39 is 35.8 Å². The molecule has 0 aliphatic rings. The monoisotopic (exact) mass is 319 g/mol. The average molecular weight is 319 g/mol. The van der Waals surface area contributed by atoms with Crippen LogP contribution in [0.2, 0.25) is 0 Å². The summed E-state index contributed by atoms with van der Waals surface area (Å²) in [6, 6.07) is 4.24. The molecule has 0 saturated carbocycles. The maximum Gasteiger partial charge on any atom is 0.296 e. The number of anilines is 1. The summed E-state index contributed by atoms with van der Waals surface area (Å²) in [6.07, 6.45) is 0. The van der Waals surface area contributed by atoms with Crippen LogP contribution in [0.15, 0.2) is 34.1 Å². The van der Waals surface area contributed by atoms with Crippen molar-refractivity contribution < 1.29 is 31.0 Å². The molecule has 2 aromatic rings. The van der Waals surface area contributed by atoms with Gasteiger partial charge in [0.2, 0.25) is 0 Å². The maximum absolute atomic E-state index is 11.4. The van der Waals surface area contributed by atoms with E-state index in [0.717, 1.165) is 6.07 Å². The molecule has 0 aliphatic heterocycles. The van der Waals surface area contributed by atoms with E-state index in [1.807, 2.05) is 0 Å². The van der Waals surface area contributed by atoms with Gasteiger partial charge in [-0.25, -0.2) is 0 Å². The third-order valence-electron chi connectivity index (χ3n) is 2.62. The highest BCUT2D eigenvalue weighted by molar-refractivity contribution is 7.89. The number of hydrogen-bond donors (Lipinski definition) is 4. The Bertz CT molecular complexity index is 916. The largest absolute Gasteiger partial charge is 0.507 e. The number of fused-ring (bicyclic) bond motifs is 1. The standard InChI is InChI=1S/C10H9NO7S2/c11-6-4-8(19(13,14)15)10(20(16,17)18)5-2-1-3-7(12)9(5)6/h1-4,12H,11H2,(H,13,14,15)(H,16,17,18). The lowest BCUT2D eigenvalue weighted by atomic mass is 10.1. The van der Waals surface area contributed by atoms with Crippen molar-refractivity contribution in [3.63, 3.8) is 0 Å². The van der Waals surface area contributed by atoms with Gasteiger partial charge in [0.25, 0.3) is 20.2 Å². The third-order valence-corrected chi connectivity index (χ3v) is 4.58. The van der Waals surface area contributed by atoms with Crippen LogP contribution in [0.25, 0.3) is 10.8 Å². The van der Waals surface area contributed by atoms with Gasteiger partial charge in [-0.1, -0.05) is 12.1 Å². The second-order valence-corrected chi connectivity index (χ2v) is 6.69. The Balaban J connectivity index is 3.21. The molecule has 0 amide bonds. The molecule has 0 radical (unpaired) electrons. The smallest absolute Gasteiger partial charge is 0.296 e. The zero-order valence-corrected chi connectivity index (χ0v) is 11.3. The van der Waals surface area contributed by atoms with Crippen molar-refractivity contribution in [2.75, 3.05) is 5.73 Å². The molecule has 0 bridgehead atoms. The van der Waals surface area contributed by atoms with E-state index in [9.17, 15) is 26.5 Å². The van der Waals surface area contributed by atoms with Gasteiger partial charge in [0, 0.05) is 16.5 Å². The molecule has 0 saturated heterocycles. The minimum atomic E-state index is -4.98. The van der Waals surface area contributed by atoms with Gasteiger partial charge in [0.15, 0.2) is 0 Å². The first-order valence-electron chi connectivity index (χ1n) is 5.02. The summed E-state index contributed by atoms with van der Waals surface area (Å²) in [7, 11) is -9.93. The molecule has 0 heterocycles. The van der Waals surface area contributed by atoms with Gasteiger partial charge >= 0.3 is 0 Å². The topological polar surface area (TPSA) is 155 Å². The lowest BCUT2D eigenvalue weighted by Gasteiger charge is -2.12. The van der Waals surface area contributed by atoms with Crippen LogP contribution in [0.1, 0.15) is 0 Å². The molecule has 5 N–H and O–H groups in total. The van der Waals surface area contributed by atoms with E-state index >= 15 is 0 Å². The highest BCUT2D eigenvalue weighted by Gasteiger charge is 2.28. The van der Waals surface area contributed by atoms with Crippen LogP contribution >= 0.6 is 0 Å². The van der Waals surface area contributed by atoms with Crippen molar-refractivity contribution in [2.45, 2.75) is 9.79 Å². The predicted octanol–water partition coefficient (Wildman–Crippen LogP) is 0.621. The van der Waals surface area contributed by atoms with Gasteiger partial charge in [-0.2, -0.15) is 16.8 Å². The normalized spacial score (nSPS) is 12.7. The van der Waals surface area contributed by atoms with Crippen molar-refractivity contribution in [1.29, 1.82) is 0 Å². The molecule has 2 rings (SSSR count). The third kappa shape index (κ3) is 2.29. The summed E-state index contributed by atoms with van der Waals surface area (Å²) in [6.45, 7) is 0. The molecular weight excluding hydrogens is 310 g/mol. The molecule has 0 atom stereocenters. The lowest BCUT2D eigenvalue weighted by Crippen LogP contribution is -2.10. The van der Waals surface area contributed by atoms with E-state index in [1.54, 1.807) is 0 Å². The number of benzene rings is 2. The van der Waals surface area contributed by atoms with Crippen LogP contribution in [-0.2, 0) is 20.2 Å². The molecular formula is C10H9NO7S2. The maximum atomic E-state index is 11.4. The van der Waals surface area contributed by atoms with E-state index in [2.05, 4.69) is 0 Å². The Hall–Kier alpha value is -1.88. The minimum absolute atomic E-state index is 0.146. The molecule has 108 valence electrons. The van der Waals surface area contributed by atoms with Crippen LogP contribution in [-0.4, -0.2) is 31.0 Å². The molecule has 20 heavy (non-hydrogen) atoms. The highest BCUT2D eigenvalue weighted by atomic mass is 32.2. The van der Waals surface area contributed by atoms with Gasteiger partial charge in [-0.3, -0.25) is 9.11 Å². The Morgan fingerprint density at radius 3 is 2.10 bits per heavy atom. The number of aromatic hydroxyl groups is 1. The van der Waals surface area contributed by atoms with E-state index in [1.165, 1.54) is 12.1 Å². The summed E-state index contributed by atoms with van der Waals surface area (Å²) in [5.41, 5.74) is 5.29. The molecule has 10 heteroatoms. The lowest BCUT2D eigenvalue weighted by molar-refractivity contribution is 0.467. The molecule has 0 aliphatic carbocycles. The second kappa shape index (κ2) is 4.31. The van der Waals surface area contributed by atoms with Crippen molar-refractivity contribution in [1.82, 2.24) is 0 Å². The van der Waals surface area contributed by atoms with Crippen LogP contribution in [0.3, 0.4) is 0 Å². The summed E-state index contributed by atoms with van der Waals surface area (Å²) in [5.74, 6) is -0.396. The van der Waals surface area contributed by atoms with E-state index in [-0.39, 0.29) is 16.5 Å². The molecule has 0 spiro atoms. The molecule has 2 aromatic carbocycles. The molecule has 8 nitrogen and oxygen atoms in total. The number of rotatable bonds is 2. The van der Waals surface area contributed by atoms with Crippen molar-refractivity contribution >= 4 is 36.7 Å². The van der Waals surface area contributed by atoms with Crippen LogP contribution in [0, 0.1) is 0 Å². The number of hydrogen-bond acceptors (Lipinski definition) is 6. The Morgan fingerprint density at radius 2 is 1.60 bits per heavy atom. The average Bonchev–Trinajstić information content (AvgIpc) is 2.25. The van der Waals surface area contributed by atoms with Gasteiger partial charge in [-0.05, 0) is 12.1 Å². The number of nitrogen functional groups attached to an aromatic ring is 1.